The van der Waals surface area contributed by atoms with E-state index in [1.54, 1.807) is 11.3 Å². The van der Waals surface area contributed by atoms with Gasteiger partial charge in [-0.1, -0.05) is 0 Å². The first-order valence-corrected chi connectivity index (χ1v) is 7.29. The molecule has 0 amide bonds. The molecule has 17 heavy (non-hydrogen) atoms. The molecule has 2 rings (SSSR count). The van der Waals surface area contributed by atoms with Crippen molar-refractivity contribution in [3.05, 3.63) is 22.4 Å². The molecule has 1 aliphatic heterocycles. The van der Waals surface area contributed by atoms with Crippen LogP contribution in [0.2, 0.25) is 0 Å². The van der Waals surface area contributed by atoms with E-state index in [9.17, 15) is 0 Å². The van der Waals surface area contributed by atoms with Crippen molar-refractivity contribution in [1.82, 2.24) is 9.80 Å². The molecule has 0 bridgehead atoms. The summed E-state index contributed by atoms with van der Waals surface area (Å²) in [4.78, 5) is 4.89. The number of piperidine rings is 1. The van der Waals surface area contributed by atoms with Gasteiger partial charge in [0.05, 0.1) is 0 Å². The Labute approximate surface area is 108 Å². The van der Waals surface area contributed by atoms with Crippen molar-refractivity contribution in [3.63, 3.8) is 0 Å². The highest BCUT2D eigenvalue weighted by molar-refractivity contribution is 7.07. The number of likely N-dealkylation sites (tertiary alicyclic amines) is 1. The second-order valence-electron chi connectivity index (χ2n) is 5.03. The van der Waals surface area contributed by atoms with Gasteiger partial charge in [-0.15, -0.1) is 0 Å². The lowest BCUT2D eigenvalue weighted by Crippen LogP contribution is -2.47. The maximum atomic E-state index is 5.96. The quantitative estimate of drug-likeness (QED) is 0.888. The van der Waals surface area contributed by atoms with Gasteiger partial charge < -0.3 is 10.6 Å². The standard InChI is InChI=1S/C13H23N3S/c1-15-6-3-4-12(9-15)16(2)13(8-14)11-5-7-17-10-11/h5,7,10,12-13H,3-4,6,8-9,14H2,1-2H3. The van der Waals surface area contributed by atoms with Gasteiger partial charge in [0.25, 0.3) is 0 Å². The van der Waals surface area contributed by atoms with E-state index >= 15 is 0 Å². The van der Waals surface area contributed by atoms with Crippen LogP contribution in [0, 0.1) is 0 Å². The number of thiophene rings is 1. The second kappa shape index (κ2) is 5.96. The average molecular weight is 253 g/mol. The largest absolute Gasteiger partial charge is 0.329 e. The van der Waals surface area contributed by atoms with Gasteiger partial charge in [0.2, 0.25) is 0 Å². The van der Waals surface area contributed by atoms with Gasteiger partial charge >= 0.3 is 0 Å². The average Bonchev–Trinajstić information content (AvgIpc) is 2.83. The highest BCUT2D eigenvalue weighted by Crippen LogP contribution is 2.25. The predicted molar refractivity (Wildman–Crippen MR) is 74.4 cm³/mol. The summed E-state index contributed by atoms with van der Waals surface area (Å²) in [5.41, 5.74) is 7.32. The Bertz CT molecular complexity index is 325. The molecule has 0 aliphatic carbocycles. The molecule has 1 aromatic heterocycles. The molecule has 1 fully saturated rings. The van der Waals surface area contributed by atoms with E-state index in [2.05, 4.69) is 40.7 Å². The molecule has 0 radical (unpaired) electrons. The van der Waals surface area contributed by atoms with Gasteiger partial charge in [0.15, 0.2) is 0 Å². The van der Waals surface area contributed by atoms with E-state index < -0.39 is 0 Å². The Balaban J connectivity index is 2.04. The Morgan fingerprint density at radius 2 is 2.47 bits per heavy atom. The minimum absolute atomic E-state index is 0.373. The topological polar surface area (TPSA) is 32.5 Å². The Hall–Kier alpha value is -0.420. The maximum Gasteiger partial charge on any atom is 0.0479 e. The van der Waals surface area contributed by atoms with E-state index in [4.69, 9.17) is 5.73 Å². The molecule has 0 spiro atoms. The normalized spacial score (nSPS) is 24.1. The summed E-state index contributed by atoms with van der Waals surface area (Å²) in [5, 5.41) is 4.36. The van der Waals surface area contributed by atoms with Crippen molar-refractivity contribution >= 4 is 11.3 Å². The molecule has 3 nitrogen and oxygen atoms in total. The molecule has 4 heteroatoms. The number of hydrogen-bond donors (Lipinski definition) is 1. The zero-order chi connectivity index (χ0) is 12.3. The van der Waals surface area contributed by atoms with E-state index in [-0.39, 0.29) is 0 Å². The van der Waals surface area contributed by atoms with Crippen LogP contribution < -0.4 is 5.73 Å². The summed E-state index contributed by atoms with van der Waals surface area (Å²) >= 11 is 1.76. The summed E-state index contributed by atoms with van der Waals surface area (Å²) in [7, 11) is 4.43. The van der Waals surface area contributed by atoms with Crippen LogP contribution in [0.25, 0.3) is 0 Å². The SMILES string of the molecule is CN1CCCC(N(C)C(CN)c2ccsc2)C1. The van der Waals surface area contributed by atoms with Crippen molar-refractivity contribution < 1.29 is 0 Å². The van der Waals surface area contributed by atoms with Gasteiger partial charge in [0.1, 0.15) is 0 Å². The Morgan fingerprint density at radius 3 is 3.06 bits per heavy atom. The molecule has 1 saturated heterocycles. The zero-order valence-electron chi connectivity index (χ0n) is 10.8. The number of hydrogen-bond acceptors (Lipinski definition) is 4. The summed E-state index contributed by atoms with van der Waals surface area (Å²) < 4.78 is 0. The van der Waals surface area contributed by atoms with Crippen LogP contribution in [0.1, 0.15) is 24.4 Å². The molecule has 2 atom stereocenters. The van der Waals surface area contributed by atoms with Crippen molar-refractivity contribution in [3.8, 4) is 0 Å². The molecule has 1 aliphatic rings. The number of nitrogens with zero attached hydrogens (tertiary/aromatic N) is 2. The molecule has 2 N–H and O–H groups in total. The highest BCUT2D eigenvalue weighted by Gasteiger charge is 2.26. The Kier molecular flexibility index (Phi) is 4.56. The molecule has 2 unspecified atom stereocenters. The van der Waals surface area contributed by atoms with E-state index in [0.717, 1.165) is 6.54 Å². The van der Waals surface area contributed by atoms with Crippen LogP contribution >= 0.6 is 11.3 Å². The fourth-order valence-electron chi connectivity index (χ4n) is 2.73. The molecule has 0 saturated carbocycles. The lowest BCUT2D eigenvalue weighted by atomic mass is 10.0. The van der Waals surface area contributed by atoms with Gasteiger partial charge in [0, 0.05) is 25.2 Å². The van der Waals surface area contributed by atoms with E-state index in [1.807, 2.05) is 0 Å². The van der Waals surface area contributed by atoms with Crippen molar-refractivity contribution in [2.24, 2.45) is 5.73 Å². The highest BCUT2D eigenvalue weighted by atomic mass is 32.1. The van der Waals surface area contributed by atoms with Gasteiger partial charge in [-0.2, -0.15) is 11.3 Å². The van der Waals surface area contributed by atoms with Crippen LogP contribution in [0.4, 0.5) is 0 Å². The molecule has 96 valence electrons. The smallest absolute Gasteiger partial charge is 0.0479 e. The first-order valence-electron chi connectivity index (χ1n) is 6.35. The summed E-state index contributed by atoms with van der Waals surface area (Å²) in [5.74, 6) is 0. The van der Waals surface area contributed by atoms with Crippen molar-refractivity contribution in [2.45, 2.75) is 24.9 Å². The van der Waals surface area contributed by atoms with Crippen molar-refractivity contribution in [2.75, 3.05) is 33.7 Å². The summed E-state index contributed by atoms with van der Waals surface area (Å²) in [6, 6.07) is 3.21. The third kappa shape index (κ3) is 3.07. The number of likely N-dealkylation sites (N-methyl/N-ethyl adjacent to an activating group) is 2. The molecule has 2 heterocycles. The van der Waals surface area contributed by atoms with Crippen LogP contribution in [-0.4, -0.2) is 49.6 Å². The second-order valence-corrected chi connectivity index (χ2v) is 5.81. The number of nitrogens with two attached hydrogens (primary N) is 1. The fraction of sp³-hybridized carbons (Fsp3) is 0.692. The van der Waals surface area contributed by atoms with Crippen LogP contribution in [-0.2, 0) is 0 Å². The first-order chi connectivity index (χ1) is 8.22. The van der Waals surface area contributed by atoms with Gasteiger partial charge in [-0.3, -0.25) is 4.90 Å². The van der Waals surface area contributed by atoms with Gasteiger partial charge in [-0.05, 0) is 55.9 Å². The van der Waals surface area contributed by atoms with Crippen LogP contribution in [0.5, 0.6) is 0 Å². The Morgan fingerprint density at radius 1 is 1.65 bits per heavy atom. The molecular formula is C13H23N3S. The monoisotopic (exact) mass is 253 g/mol. The van der Waals surface area contributed by atoms with Crippen LogP contribution in [0.15, 0.2) is 16.8 Å². The molecule has 0 aromatic carbocycles. The minimum atomic E-state index is 0.373. The van der Waals surface area contributed by atoms with Gasteiger partial charge in [-0.25, -0.2) is 0 Å². The van der Waals surface area contributed by atoms with E-state index in [1.165, 1.54) is 24.9 Å². The maximum absolute atomic E-state index is 5.96. The van der Waals surface area contributed by atoms with E-state index in [0.29, 0.717) is 18.6 Å². The fourth-order valence-corrected chi connectivity index (χ4v) is 3.44. The summed E-state index contributed by atoms with van der Waals surface area (Å²) in [6.45, 7) is 3.10. The minimum Gasteiger partial charge on any atom is -0.329 e. The third-order valence-corrected chi connectivity index (χ3v) is 4.52. The molecule has 1 aromatic rings. The van der Waals surface area contributed by atoms with Crippen molar-refractivity contribution in [1.29, 1.82) is 0 Å². The molecular weight excluding hydrogens is 230 g/mol. The van der Waals surface area contributed by atoms with Crippen LogP contribution in [0.3, 0.4) is 0 Å². The lowest BCUT2D eigenvalue weighted by Gasteiger charge is -2.39. The predicted octanol–water partition coefficient (Wildman–Crippen LogP) is 1.77. The third-order valence-electron chi connectivity index (χ3n) is 3.82. The number of rotatable bonds is 4. The zero-order valence-corrected chi connectivity index (χ0v) is 11.6. The first kappa shape index (κ1) is 13.0. The summed E-state index contributed by atoms with van der Waals surface area (Å²) in [6.07, 6.45) is 2.59. The lowest BCUT2D eigenvalue weighted by molar-refractivity contribution is 0.101.